The van der Waals surface area contributed by atoms with Crippen LogP contribution in [0.5, 0.6) is 5.75 Å². The van der Waals surface area contributed by atoms with Gasteiger partial charge in [0.2, 0.25) is 5.82 Å². The van der Waals surface area contributed by atoms with Crippen molar-refractivity contribution in [3.05, 3.63) is 29.6 Å². The number of rotatable bonds is 2. The summed E-state index contributed by atoms with van der Waals surface area (Å²) in [5, 5.41) is 15.8. The van der Waals surface area contributed by atoms with E-state index in [1.54, 1.807) is 14.0 Å². The van der Waals surface area contributed by atoms with E-state index in [4.69, 9.17) is 4.74 Å². The number of aromatic nitrogens is 4. The minimum Gasteiger partial charge on any atom is -0.496 e. The fourth-order valence-electron chi connectivity index (χ4n) is 1.38. The zero-order chi connectivity index (χ0) is 11.5. The van der Waals surface area contributed by atoms with Crippen LogP contribution in [-0.2, 0) is 0 Å². The minimum atomic E-state index is 0.478. The highest BCUT2D eigenvalue weighted by Crippen LogP contribution is 2.27. The molecule has 0 radical (unpaired) electrons. The fraction of sp³-hybridized carbons (Fsp3) is 0.273. The SMILES string of the molecule is COc1ccc(C)cc1-c1nnc(C)nn1. The van der Waals surface area contributed by atoms with Gasteiger partial charge in [0.05, 0.1) is 12.7 Å². The molecule has 0 atom stereocenters. The molecule has 0 N–H and O–H groups in total. The Bertz CT molecular complexity index is 496. The Morgan fingerprint density at radius 1 is 1.00 bits per heavy atom. The summed E-state index contributed by atoms with van der Waals surface area (Å²) in [5.74, 6) is 1.75. The third-order valence-electron chi connectivity index (χ3n) is 2.17. The molecule has 5 nitrogen and oxygen atoms in total. The Morgan fingerprint density at radius 2 is 1.69 bits per heavy atom. The number of aryl methyl sites for hydroxylation is 2. The highest BCUT2D eigenvalue weighted by Gasteiger charge is 2.09. The van der Waals surface area contributed by atoms with Crippen molar-refractivity contribution in [3.8, 4) is 17.1 Å². The molecule has 5 heteroatoms. The highest BCUT2D eigenvalue weighted by atomic mass is 16.5. The van der Waals surface area contributed by atoms with E-state index in [0.717, 1.165) is 16.9 Å². The maximum Gasteiger partial charge on any atom is 0.207 e. The molecule has 0 spiro atoms. The van der Waals surface area contributed by atoms with Gasteiger partial charge in [-0.1, -0.05) is 11.6 Å². The molecule has 0 amide bonds. The van der Waals surface area contributed by atoms with Crippen LogP contribution < -0.4 is 4.74 Å². The van der Waals surface area contributed by atoms with Crippen LogP contribution in [0, 0.1) is 13.8 Å². The van der Waals surface area contributed by atoms with E-state index < -0.39 is 0 Å². The summed E-state index contributed by atoms with van der Waals surface area (Å²) in [4.78, 5) is 0. The fourth-order valence-corrected chi connectivity index (χ4v) is 1.38. The van der Waals surface area contributed by atoms with E-state index in [1.165, 1.54) is 0 Å². The molecular weight excluding hydrogens is 204 g/mol. The average molecular weight is 216 g/mol. The van der Waals surface area contributed by atoms with Crippen molar-refractivity contribution < 1.29 is 4.74 Å². The van der Waals surface area contributed by atoms with Gasteiger partial charge in [-0.25, -0.2) is 0 Å². The molecule has 0 bridgehead atoms. The van der Waals surface area contributed by atoms with Crippen molar-refractivity contribution in [2.75, 3.05) is 7.11 Å². The first-order valence-corrected chi connectivity index (χ1v) is 4.89. The summed E-state index contributed by atoms with van der Waals surface area (Å²) >= 11 is 0. The molecule has 82 valence electrons. The summed E-state index contributed by atoms with van der Waals surface area (Å²) in [5.41, 5.74) is 1.92. The maximum atomic E-state index is 5.25. The largest absolute Gasteiger partial charge is 0.496 e. The molecule has 1 aromatic heterocycles. The van der Waals surface area contributed by atoms with Gasteiger partial charge in [0.15, 0.2) is 5.82 Å². The zero-order valence-electron chi connectivity index (χ0n) is 9.43. The summed E-state index contributed by atoms with van der Waals surface area (Å²) in [6.45, 7) is 3.75. The topological polar surface area (TPSA) is 60.8 Å². The molecule has 2 rings (SSSR count). The standard InChI is InChI=1S/C11H12N4O/c1-7-4-5-10(16-3)9(6-7)11-14-12-8(2)13-15-11/h4-6H,1-3H3. The molecule has 0 saturated heterocycles. The van der Waals surface area contributed by atoms with E-state index in [2.05, 4.69) is 20.4 Å². The number of methoxy groups -OCH3 is 1. The lowest BCUT2D eigenvalue weighted by Gasteiger charge is -2.06. The molecule has 0 unspecified atom stereocenters. The Labute approximate surface area is 93.5 Å². The smallest absolute Gasteiger partial charge is 0.207 e. The van der Waals surface area contributed by atoms with E-state index in [1.807, 2.05) is 25.1 Å². The van der Waals surface area contributed by atoms with Gasteiger partial charge in [-0.05, 0) is 26.0 Å². The van der Waals surface area contributed by atoms with Crippen LogP contribution in [0.2, 0.25) is 0 Å². The normalized spacial score (nSPS) is 10.2. The van der Waals surface area contributed by atoms with Gasteiger partial charge in [0, 0.05) is 0 Å². The first kappa shape index (κ1) is 10.5. The number of benzene rings is 1. The summed E-state index contributed by atoms with van der Waals surface area (Å²) < 4.78 is 5.25. The van der Waals surface area contributed by atoms with Crippen LogP contribution in [0.3, 0.4) is 0 Å². The second-order valence-corrected chi connectivity index (χ2v) is 3.47. The van der Waals surface area contributed by atoms with Gasteiger partial charge in [0.25, 0.3) is 0 Å². The van der Waals surface area contributed by atoms with Crippen molar-refractivity contribution in [3.63, 3.8) is 0 Å². The predicted molar refractivity (Wildman–Crippen MR) is 59.1 cm³/mol. The van der Waals surface area contributed by atoms with Gasteiger partial charge in [-0.15, -0.1) is 20.4 Å². The van der Waals surface area contributed by atoms with Crippen molar-refractivity contribution in [2.24, 2.45) is 0 Å². The van der Waals surface area contributed by atoms with E-state index in [9.17, 15) is 0 Å². The lowest BCUT2D eigenvalue weighted by molar-refractivity contribution is 0.416. The van der Waals surface area contributed by atoms with Crippen LogP contribution in [0.1, 0.15) is 11.4 Å². The van der Waals surface area contributed by atoms with Crippen molar-refractivity contribution in [2.45, 2.75) is 13.8 Å². The maximum absolute atomic E-state index is 5.25. The van der Waals surface area contributed by atoms with Crippen LogP contribution in [-0.4, -0.2) is 27.5 Å². The first-order valence-electron chi connectivity index (χ1n) is 4.89. The molecule has 0 aliphatic rings. The van der Waals surface area contributed by atoms with Crippen molar-refractivity contribution in [1.82, 2.24) is 20.4 Å². The molecule has 16 heavy (non-hydrogen) atoms. The second kappa shape index (κ2) is 4.22. The van der Waals surface area contributed by atoms with Crippen LogP contribution in [0.4, 0.5) is 0 Å². The molecular formula is C11H12N4O. The third kappa shape index (κ3) is 1.98. The quantitative estimate of drug-likeness (QED) is 0.762. The Balaban J connectivity index is 2.53. The Kier molecular flexibility index (Phi) is 2.76. The Hall–Kier alpha value is -2.04. The highest BCUT2D eigenvalue weighted by molar-refractivity contribution is 5.64. The van der Waals surface area contributed by atoms with Crippen LogP contribution >= 0.6 is 0 Å². The zero-order valence-corrected chi connectivity index (χ0v) is 9.43. The van der Waals surface area contributed by atoms with Gasteiger partial charge in [-0.3, -0.25) is 0 Å². The van der Waals surface area contributed by atoms with E-state index in [0.29, 0.717) is 11.6 Å². The summed E-state index contributed by atoms with van der Waals surface area (Å²) in [6.07, 6.45) is 0. The monoisotopic (exact) mass is 216 g/mol. The number of hydrogen-bond donors (Lipinski definition) is 0. The number of ether oxygens (including phenoxy) is 1. The van der Waals surface area contributed by atoms with Gasteiger partial charge in [-0.2, -0.15) is 0 Å². The summed E-state index contributed by atoms with van der Waals surface area (Å²) in [6, 6.07) is 5.80. The van der Waals surface area contributed by atoms with Gasteiger partial charge >= 0.3 is 0 Å². The predicted octanol–water partition coefficient (Wildman–Crippen LogP) is 1.56. The van der Waals surface area contributed by atoms with Crippen LogP contribution in [0.25, 0.3) is 11.4 Å². The molecule has 1 heterocycles. The van der Waals surface area contributed by atoms with Gasteiger partial charge < -0.3 is 4.74 Å². The lowest BCUT2D eigenvalue weighted by atomic mass is 10.1. The first-order chi connectivity index (χ1) is 7.70. The molecule has 0 fully saturated rings. The molecule has 0 saturated carbocycles. The minimum absolute atomic E-state index is 0.478. The third-order valence-corrected chi connectivity index (χ3v) is 2.17. The molecule has 0 aliphatic carbocycles. The molecule has 1 aromatic carbocycles. The average Bonchev–Trinajstić information content (AvgIpc) is 2.30. The van der Waals surface area contributed by atoms with E-state index in [-0.39, 0.29) is 0 Å². The Morgan fingerprint density at radius 3 is 2.31 bits per heavy atom. The van der Waals surface area contributed by atoms with Crippen LogP contribution in [0.15, 0.2) is 18.2 Å². The number of hydrogen-bond acceptors (Lipinski definition) is 5. The molecule has 2 aromatic rings. The van der Waals surface area contributed by atoms with Crippen molar-refractivity contribution >= 4 is 0 Å². The summed E-state index contributed by atoms with van der Waals surface area (Å²) in [7, 11) is 1.61. The molecule has 0 aliphatic heterocycles. The number of nitrogens with zero attached hydrogens (tertiary/aromatic N) is 4. The van der Waals surface area contributed by atoms with Gasteiger partial charge in [0.1, 0.15) is 5.75 Å². The lowest BCUT2D eigenvalue weighted by Crippen LogP contribution is -2.00. The van der Waals surface area contributed by atoms with E-state index >= 15 is 0 Å². The second-order valence-electron chi connectivity index (χ2n) is 3.47. The van der Waals surface area contributed by atoms with Crippen molar-refractivity contribution in [1.29, 1.82) is 0 Å².